The molecule has 1 saturated heterocycles. The van der Waals surface area contributed by atoms with Crippen molar-refractivity contribution in [2.24, 2.45) is 5.92 Å². The van der Waals surface area contributed by atoms with Gasteiger partial charge in [0.05, 0.1) is 18.1 Å². The van der Waals surface area contributed by atoms with Crippen LogP contribution in [0.4, 0.5) is 5.69 Å². The fourth-order valence-electron chi connectivity index (χ4n) is 4.32. The standard InChI is InChI=1S/C24H30N4O2/c1-4-11-28-16(2)26-21-14-20(6-7-22(21)28)27-24(29)18-5-8-23(30-3)19(13-18)12-17-9-10-25-15-17/h5-8,13-14,17,25H,4,9-12,15H2,1-3H3,(H,27,29). The van der Waals surface area contributed by atoms with Crippen LogP contribution in [0.15, 0.2) is 36.4 Å². The van der Waals surface area contributed by atoms with Crippen LogP contribution < -0.4 is 15.4 Å². The number of aromatic nitrogens is 2. The fourth-order valence-corrected chi connectivity index (χ4v) is 4.32. The summed E-state index contributed by atoms with van der Waals surface area (Å²) >= 11 is 0. The summed E-state index contributed by atoms with van der Waals surface area (Å²) in [4.78, 5) is 17.6. The van der Waals surface area contributed by atoms with Gasteiger partial charge in [0.25, 0.3) is 5.91 Å². The maximum atomic E-state index is 12.9. The topological polar surface area (TPSA) is 68.2 Å². The summed E-state index contributed by atoms with van der Waals surface area (Å²) < 4.78 is 7.74. The third-order valence-electron chi connectivity index (χ3n) is 5.86. The lowest BCUT2D eigenvalue weighted by molar-refractivity contribution is 0.102. The number of rotatable bonds is 7. The van der Waals surface area contributed by atoms with Gasteiger partial charge in [-0.05, 0) is 87.2 Å². The first-order valence-electron chi connectivity index (χ1n) is 10.7. The number of carbonyl (C=O) groups is 1. The van der Waals surface area contributed by atoms with E-state index in [1.807, 2.05) is 43.3 Å². The number of anilines is 1. The highest BCUT2D eigenvalue weighted by Gasteiger charge is 2.18. The Labute approximate surface area is 177 Å². The molecule has 4 rings (SSSR count). The molecule has 6 heteroatoms. The molecule has 1 fully saturated rings. The molecule has 30 heavy (non-hydrogen) atoms. The van der Waals surface area contributed by atoms with E-state index in [0.717, 1.165) is 72.8 Å². The number of amides is 1. The van der Waals surface area contributed by atoms with Crippen molar-refractivity contribution in [2.75, 3.05) is 25.5 Å². The molecule has 1 aliphatic heterocycles. The molecule has 2 heterocycles. The zero-order valence-corrected chi connectivity index (χ0v) is 18.0. The first kappa shape index (κ1) is 20.4. The lowest BCUT2D eigenvalue weighted by Crippen LogP contribution is -2.14. The van der Waals surface area contributed by atoms with Crippen molar-refractivity contribution < 1.29 is 9.53 Å². The summed E-state index contributed by atoms with van der Waals surface area (Å²) in [6.07, 6.45) is 3.13. The highest BCUT2D eigenvalue weighted by Crippen LogP contribution is 2.26. The highest BCUT2D eigenvalue weighted by atomic mass is 16.5. The molecule has 1 unspecified atom stereocenters. The highest BCUT2D eigenvalue weighted by molar-refractivity contribution is 6.05. The van der Waals surface area contributed by atoms with Crippen LogP contribution >= 0.6 is 0 Å². The predicted molar refractivity (Wildman–Crippen MR) is 120 cm³/mol. The number of nitrogens with zero attached hydrogens (tertiary/aromatic N) is 2. The zero-order valence-electron chi connectivity index (χ0n) is 18.0. The molecule has 6 nitrogen and oxygen atoms in total. The molecule has 0 bridgehead atoms. The van der Waals surface area contributed by atoms with Gasteiger partial charge >= 0.3 is 0 Å². The predicted octanol–water partition coefficient (Wildman–Crippen LogP) is 4.17. The maximum Gasteiger partial charge on any atom is 0.255 e. The van der Waals surface area contributed by atoms with Crippen molar-refractivity contribution in [1.82, 2.24) is 14.9 Å². The number of carbonyl (C=O) groups excluding carboxylic acids is 1. The molecule has 0 saturated carbocycles. The van der Waals surface area contributed by atoms with Crippen LogP contribution in [0.25, 0.3) is 11.0 Å². The van der Waals surface area contributed by atoms with Crippen molar-refractivity contribution >= 4 is 22.6 Å². The molecular weight excluding hydrogens is 376 g/mol. The second-order valence-corrected chi connectivity index (χ2v) is 8.06. The molecular formula is C24H30N4O2. The number of fused-ring (bicyclic) bond motifs is 1. The van der Waals surface area contributed by atoms with Gasteiger partial charge in [-0.25, -0.2) is 4.98 Å². The van der Waals surface area contributed by atoms with Gasteiger partial charge in [0.15, 0.2) is 0 Å². The molecule has 1 amide bonds. The number of benzene rings is 2. The van der Waals surface area contributed by atoms with Crippen LogP contribution in [0.1, 0.15) is 41.5 Å². The Morgan fingerprint density at radius 1 is 1.30 bits per heavy atom. The summed E-state index contributed by atoms with van der Waals surface area (Å²) in [5.74, 6) is 2.31. The van der Waals surface area contributed by atoms with E-state index in [-0.39, 0.29) is 5.91 Å². The second-order valence-electron chi connectivity index (χ2n) is 8.06. The van der Waals surface area contributed by atoms with Gasteiger partial charge in [-0.2, -0.15) is 0 Å². The minimum absolute atomic E-state index is 0.118. The summed E-state index contributed by atoms with van der Waals surface area (Å²) in [5, 5.41) is 6.43. The van der Waals surface area contributed by atoms with E-state index in [1.165, 1.54) is 0 Å². The number of aryl methyl sites for hydroxylation is 2. The number of ether oxygens (including phenoxy) is 1. The van der Waals surface area contributed by atoms with E-state index in [4.69, 9.17) is 4.74 Å². The van der Waals surface area contributed by atoms with Gasteiger partial charge in [-0.1, -0.05) is 6.92 Å². The van der Waals surface area contributed by atoms with Crippen molar-refractivity contribution in [1.29, 1.82) is 0 Å². The van der Waals surface area contributed by atoms with Crippen LogP contribution in [0.2, 0.25) is 0 Å². The van der Waals surface area contributed by atoms with Gasteiger partial charge in [0.2, 0.25) is 0 Å². The van der Waals surface area contributed by atoms with Gasteiger partial charge < -0.3 is 19.9 Å². The normalized spacial score (nSPS) is 16.2. The molecule has 1 aliphatic rings. The number of methoxy groups -OCH3 is 1. The summed E-state index contributed by atoms with van der Waals surface area (Å²) in [6.45, 7) is 7.20. The Hall–Kier alpha value is -2.86. The Kier molecular flexibility index (Phi) is 6.04. The van der Waals surface area contributed by atoms with Crippen molar-refractivity contribution in [2.45, 2.75) is 39.7 Å². The summed E-state index contributed by atoms with van der Waals surface area (Å²) in [6, 6.07) is 11.6. The first-order valence-corrected chi connectivity index (χ1v) is 10.7. The van der Waals surface area contributed by atoms with Crippen LogP contribution in [0.5, 0.6) is 5.75 Å². The van der Waals surface area contributed by atoms with Crippen LogP contribution in [-0.4, -0.2) is 35.7 Å². The number of hydrogen-bond acceptors (Lipinski definition) is 4. The molecule has 1 aromatic heterocycles. The summed E-state index contributed by atoms with van der Waals surface area (Å²) in [7, 11) is 1.68. The quantitative estimate of drug-likeness (QED) is 0.618. The average molecular weight is 407 g/mol. The van der Waals surface area contributed by atoms with Crippen LogP contribution in [-0.2, 0) is 13.0 Å². The van der Waals surface area contributed by atoms with E-state index in [0.29, 0.717) is 11.5 Å². The van der Waals surface area contributed by atoms with Crippen molar-refractivity contribution in [3.05, 3.63) is 53.3 Å². The molecule has 2 aromatic carbocycles. The van der Waals surface area contributed by atoms with Gasteiger partial charge in [0.1, 0.15) is 11.6 Å². The molecule has 0 radical (unpaired) electrons. The molecule has 158 valence electrons. The Morgan fingerprint density at radius 3 is 2.90 bits per heavy atom. The SMILES string of the molecule is CCCn1c(C)nc2cc(NC(=O)c3ccc(OC)c(CC4CCNC4)c3)ccc21. The fraction of sp³-hybridized carbons (Fsp3) is 0.417. The van der Waals surface area contributed by atoms with Gasteiger partial charge in [-0.3, -0.25) is 4.79 Å². The average Bonchev–Trinajstić information content (AvgIpc) is 3.36. The van der Waals surface area contributed by atoms with Crippen molar-refractivity contribution in [3.63, 3.8) is 0 Å². The third-order valence-corrected chi connectivity index (χ3v) is 5.86. The smallest absolute Gasteiger partial charge is 0.255 e. The monoisotopic (exact) mass is 406 g/mol. The van der Waals surface area contributed by atoms with Crippen LogP contribution in [0, 0.1) is 12.8 Å². The first-order chi connectivity index (χ1) is 14.6. The minimum Gasteiger partial charge on any atom is -0.496 e. The molecule has 0 aliphatic carbocycles. The molecule has 1 atom stereocenters. The summed E-state index contributed by atoms with van der Waals surface area (Å²) in [5.41, 5.74) is 4.49. The Morgan fingerprint density at radius 2 is 2.17 bits per heavy atom. The minimum atomic E-state index is -0.118. The van der Waals surface area contributed by atoms with Crippen LogP contribution in [0.3, 0.4) is 0 Å². The van der Waals surface area contributed by atoms with Gasteiger partial charge in [0, 0.05) is 17.8 Å². The molecule has 2 N–H and O–H groups in total. The lowest BCUT2D eigenvalue weighted by atomic mass is 9.96. The van der Waals surface area contributed by atoms with E-state index in [1.54, 1.807) is 7.11 Å². The Balaban J connectivity index is 1.54. The van der Waals surface area contributed by atoms with Crippen molar-refractivity contribution in [3.8, 4) is 5.75 Å². The number of imidazole rings is 1. The third kappa shape index (κ3) is 4.19. The zero-order chi connectivity index (χ0) is 21.1. The Bertz CT molecular complexity index is 1050. The molecule has 3 aromatic rings. The van der Waals surface area contributed by atoms with E-state index in [2.05, 4.69) is 27.1 Å². The van der Waals surface area contributed by atoms with E-state index < -0.39 is 0 Å². The molecule has 0 spiro atoms. The largest absolute Gasteiger partial charge is 0.496 e. The lowest BCUT2D eigenvalue weighted by Gasteiger charge is -2.14. The maximum absolute atomic E-state index is 12.9. The second kappa shape index (κ2) is 8.88. The number of nitrogens with one attached hydrogen (secondary N) is 2. The number of hydrogen-bond donors (Lipinski definition) is 2. The van der Waals surface area contributed by atoms with E-state index in [9.17, 15) is 4.79 Å². The van der Waals surface area contributed by atoms with Gasteiger partial charge in [-0.15, -0.1) is 0 Å². The van der Waals surface area contributed by atoms with E-state index >= 15 is 0 Å².